The van der Waals surface area contributed by atoms with Crippen molar-refractivity contribution in [1.29, 1.82) is 0 Å². The molecule has 0 spiro atoms. The first-order valence-corrected chi connectivity index (χ1v) is 6.91. The number of aryl methyl sites for hydroxylation is 1. The Morgan fingerprint density at radius 2 is 2.05 bits per heavy atom. The maximum absolute atomic E-state index is 5.69. The Morgan fingerprint density at radius 1 is 1.15 bits per heavy atom. The normalized spacial score (nSPS) is 10.1. The van der Waals surface area contributed by atoms with Crippen LogP contribution in [0, 0.1) is 6.92 Å². The van der Waals surface area contributed by atoms with E-state index in [2.05, 4.69) is 35.5 Å². The molecular weight excluding hydrogens is 250 g/mol. The van der Waals surface area contributed by atoms with Crippen LogP contribution in [0.2, 0.25) is 0 Å². The minimum atomic E-state index is 0.627. The molecule has 0 bridgehead atoms. The number of hydrogen-bond acceptors (Lipinski definition) is 4. The van der Waals surface area contributed by atoms with Crippen LogP contribution in [0.25, 0.3) is 0 Å². The van der Waals surface area contributed by atoms with E-state index in [-0.39, 0.29) is 0 Å². The van der Waals surface area contributed by atoms with E-state index in [9.17, 15) is 0 Å². The largest absolute Gasteiger partial charge is 0.492 e. The summed E-state index contributed by atoms with van der Waals surface area (Å²) >= 11 is 0. The van der Waals surface area contributed by atoms with E-state index in [0.29, 0.717) is 6.61 Å². The lowest BCUT2D eigenvalue weighted by Crippen LogP contribution is -2.12. The van der Waals surface area contributed by atoms with Crippen molar-refractivity contribution in [2.45, 2.75) is 13.8 Å². The average Bonchev–Trinajstić information content (AvgIpc) is 2.45. The van der Waals surface area contributed by atoms with Gasteiger partial charge in [0.15, 0.2) is 0 Å². The minimum Gasteiger partial charge on any atom is -0.492 e. The molecule has 0 fully saturated rings. The van der Waals surface area contributed by atoms with Crippen molar-refractivity contribution in [2.75, 3.05) is 30.3 Å². The molecule has 0 aliphatic heterocycles. The van der Waals surface area contributed by atoms with Gasteiger partial charge in [0.05, 0.1) is 0 Å². The zero-order chi connectivity index (χ0) is 14.2. The summed E-state index contributed by atoms with van der Waals surface area (Å²) < 4.78 is 5.69. The van der Waals surface area contributed by atoms with Crippen LogP contribution in [0.3, 0.4) is 0 Å². The molecule has 0 radical (unpaired) electrons. The fraction of sp³-hybridized carbons (Fsp3) is 0.312. The molecular formula is C16H21N3O. The van der Waals surface area contributed by atoms with Crippen LogP contribution in [0.4, 0.5) is 11.5 Å². The lowest BCUT2D eigenvalue weighted by Gasteiger charge is -2.10. The molecule has 0 saturated carbocycles. The second-order valence-electron chi connectivity index (χ2n) is 4.55. The van der Waals surface area contributed by atoms with E-state index >= 15 is 0 Å². The molecule has 0 saturated heterocycles. The molecule has 0 aliphatic rings. The number of nitrogens with zero attached hydrogens (tertiary/aromatic N) is 1. The molecule has 1 aromatic carbocycles. The van der Waals surface area contributed by atoms with Gasteiger partial charge in [-0.1, -0.05) is 12.1 Å². The third-order valence-corrected chi connectivity index (χ3v) is 2.81. The lowest BCUT2D eigenvalue weighted by atomic mass is 10.2. The Labute approximate surface area is 120 Å². The molecule has 4 nitrogen and oxygen atoms in total. The topological polar surface area (TPSA) is 46.2 Å². The molecule has 0 unspecified atom stereocenters. The zero-order valence-corrected chi connectivity index (χ0v) is 12.0. The summed E-state index contributed by atoms with van der Waals surface area (Å²) in [6.45, 7) is 6.36. The van der Waals surface area contributed by atoms with Gasteiger partial charge in [-0.3, -0.25) is 0 Å². The van der Waals surface area contributed by atoms with Crippen LogP contribution >= 0.6 is 0 Å². The number of ether oxygens (including phenoxy) is 1. The molecule has 20 heavy (non-hydrogen) atoms. The third-order valence-electron chi connectivity index (χ3n) is 2.81. The van der Waals surface area contributed by atoms with Crippen molar-refractivity contribution >= 4 is 11.5 Å². The summed E-state index contributed by atoms with van der Waals surface area (Å²) in [5.41, 5.74) is 2.25. The summed E-state index contributed by atoms with van der Waals surface area (Å²) in [6, 6.07) is 12.0. The number of benzene rings is 1. The second kappa shape index (κ2) is 7.38. The number of rotatable bonds is 7. The van der Waals surface area contributed by atoms with Crippen molar-refractivity contribution in [3.8, 4) is 5.75 Å². The Morgan fingerprint density at radius 3 is 2.85 bits per heavy atom. The fourth-order valence-corrected chi connectivity index (χ4v) is 1.89. The number of anilines is 2. The molecule has 2 N–H and O–H groups in total. The third kappa shape index (κ3) is 4.46. The van der Waals surface area contributed by atoms with Gasteiger partial charge in [-0.05, 0) is 37.6 Å². The lowest BCUT2D eigenvalue weighted by molar-refractivity contribution is 0.332. The summed E-state index contributed by atoms with van der Waals surface area (Å²) in [7, 11) is 0. The molecule has 106 valence electrons. The Hall–Kier alpha value is -2.23. The van der Waals surface area contributed by atoms with Gasteiger partial charge in [-0.25, -0.2) is 4.98 Å². The predicted octanol–water partition coefficient (Wildman–Crippen LogP) is 3.31. The molecule has 4 heteroatoms. The van der Waals surface area contributed by atoms with Crippen molar-refractivity contribution in [3.05, 3.63) is 48.2 Å². The maximum Gasteiger partial charge on any atom is 0.127 e. The highest BCUT2D eigenvalue weighted by atomic mass is 16.5. The van der Waals surface area contributed by atoms with Gasteiger partial charge in [-0.15, -0.1) is 0 Å². The Bertz CT molecular complexity index is 543. The van der Waals surface area contributed by atoms with Crippen molar-refractivity contribution in [3.63, 3.8) is 0 Å². The summed E-state index contributed by atoms with van der Waals surface area (Å²) in [5, 5.41) is 6.51. The number of pyridine rings is 1. The highest BCUT2D eigenvalue weighted by Gasteiger charge is 1.97. The standard InChI is InChI=1S/C16H21N3O/c1-3-17-16-12-14(7-8-19-16)18-9-10-20-15-6-4-5-13(2)11-15/h4-8,11-12H,3,9-10H2,1-2H3,(H2,17,18,19). The van der Waals surface area contributed by atoms with E-state index < -0.39 is 0 Å². The van der Waals surface area contributed by atoms with Gasteiger partial charge < -0.3 is 15.4 Å². The molecule has 0 aliphatic carbocycles. The van der Waals surface area contributed by atoms with Crippen molar-refractivity contribution in [1.82, 2.24) is 4.98 Å². The maximum atomic E-state index is 5.69. The van der Waals surface area contributed by atoms with Gasteiger partial charge in [0.2, 0.25) is 0 Å². The Kier molecular flexibility index (Phi) is 5.24. The fourth-order valence-electron chi connectivity index (χ4n) is 1.89. The quantitative estimate of drug-likeness (QED) is 0.758. The van der Waals surface area contributed by atoms with Crippen LogP contribution in [0.1, 0.15) is 12.5 Å². The molecule has 1 aromatic heterocycles. The SMILES string of the molecule is CCNc1cc(NCCOc2cccc(C)c2)ccn1. The average molecular weight is 271 g/mol. The van der Waals surface area contributed by atoms with E-state index in [1.165, 1.54) is 5.56 Å². The second-order valence-corrected chi connectivity index (χ2v) is 4.55. The van der Waals surface area contributed by atoms with E-state index in [0.717, 1.165) is 30.3 Å². The molecule has 0 atom stereocenters. The van der Waals surface area contributed by atoms with Crippen LogP contribution in [-0.2, 0) is 0 Å². The van der Waals surface area contributed by atoms with Crippen LogP contribution in [0.5, 0.6) is 5.75 Å². The molecule has 0 amide bonds. The van der Waals surface area contributed by atoms with Crippen molar-refractivity contribution in [2.24, 2.45) is 0 Å². The molecule has 2 aromatic rings. The summed E-state index contributed by atoms with van der Waals surface area (Å²) in [4.78, 5) is 4.23. The van der Waals surface area contributed by atoms with Crippen LogP contribution < -0.4 is 15.4 Å². The highest BCUT2D eigenvalue weighted by Crippen LogP contribution is 2.13. The van der Waals surface area contributed by atoms with E-state index in [1.54, 1.807) is 6.20 Å². The predicted molar refractivity (Wildman–Crippen MR) is 83.6 cm³/mol. The monoisotopic (exact) mass is 271 g/mol. The van der Waals surface area contributed by atoms with E-state index in [4.69, 9.17) is 4.74 Å². The highest BCUT2D eigenvalue weighted by molar-refractivity contribution is 5.51. The van der Waals surface area contributed by atoms with Gasteiger partial charge in [-0.2, -0.15) is 0 Å². The summed E-state index contributed by atoms with van der Waals surface area (Å²) in [5.74, 6) is 1.80. The van der Waals surface area contributed by atoms with Gasteiger partial charge in [0.1, 0.15) is 18.2 Å². The first-order valence-electron chi connectivity index (χ1n) is 6.91. The Balaban J connectivity index is 1.77. The first kappa shape index (κ1) is 14.2. The molecule has 1 heterocycles. The van der Waals surface area contributed by atoms with E-state index in [1.807, 2.05) is 30.3 Å². The van der Waals surface area contributed by atoms with Crippen molar-refractivity contribution < 1.29 is 4.74 Å². The first-order chi connectivity index (χ1) is 9.78. The minimum absolute atomic E-state index is 0.627. The summed E-state index contributed by atoms with van der Waals surface area (Å²) in [6.07, 6.45) is 1.79. The zero-order valence-electron chi connectivity index (χ0n) is 12.0. The molecule has 2 rings (SSSR count). The smallest absolute Gasteiger partial charge is 0.127 e. The van der Waals surface area contributed by atoms with Crippen LogP contribution in [0.15, 0.2) is 42.6 Å². The van der Waals surface area contributed by atoms with Gasteiger partial charge in [0, 0.05) is 31.0 Å². The number of aromatic nitrogens is 1. The number of nitrogens with one attached hydrogen (secondary N) is 2. The van der Waals surface area contributed by atoms with Gasteiger partial charge in [0.25, 0.3) is 0 Å². The number of hydrogen-bond donors (Lipinski definition) is 2. The van der Waals surface area contributed by atoms with Crippen LogP contribution in [-0.4, -0.2) is 24.7 Å². The van der Waals surface area contributed by atoms with Gasteiger partial charge >= 0.3 is 0 Å².